The van der Waals surface area contributed by atoms with Crippen LogP contribution >= 0.6 is 11.6 Å². The highest BCUT2D eigenvalue weighted by Gasteiger charge is 2.24. The van der Waals surface area contributed by atoms with Gasteiger partial charge in [-0.15, -0.1) is 5.10 Å². The third-order valence-electron chi connectivity index (χ3n) is 3.08. The molecule has 16 heavy (non-hydrogen) atoms. The van der Waals surface area contributed by atoms with E-state index in [1.807, 2.05) is 6.07 Å². The number of β-amino-alcohol motifs (C(OH)–C–C–N with tert-alkyl or cyclic N) is 1. The van der Waals surface area contributed by atoms with Crippen LogP contribution in [0.1, 0.15) is 19.0 Å². The first-order valence-electron chi connectivity index (χ1n) is 5.53. The Morgan fingerprint density at radius 2 is 2.31 bits per heavy atom. The number of halogens is 1. The molecular weight excluding hydrogens is 226 g/mol. The van der Waals surface area contributed by atoms with Crippen molar-refractivity contribution in [1.29, 1.82) is 0 Å². The van der Waals surface area contributed by atoms with Gasteiger partial charge in [0.1, 0.15) is 0 Å². The fourth-order valence-electron chi connectivity index (χ4n) is 1.92. The van der Waals surface area contributed by atoms with Crippen molar-refractivity contribution in [3.05, 3.63) is 23.0 Å². The van der Waals surface area contributed by atoms with E-state index in [4.69, 9.17) is 11.6 Å². The average Bonchev–Trinajstić information content (AvgIpc) is 2.27. The smallest absolute Gasteiger partial charge is 0.151 e. The van der Waals surface area contributed by atoms with Gasteiger partial charge in [0.25, 0.3) is 0 Å². The third kappa shape index (κ3) is 2.90. The summed E-state index contributed by atoms with van der Waals surface area (Å²) in [4.78, 5) is 2.20. The summed E-state index contributed by atoms with van der Waals surface area (Å²) in [7, 11) is 0. The lowest BCUT2D eigenvalue weighted by Gasteiger charge is -2.33. The second-order valence-electron chi connectivity index (χ2n) is 4.42. The standard InChI is InChI=1S/C11H16ClN3O/c1-8-4-5-15(7-10(8)16)6-9-2-3-11(12)14-13-9/h2-3,8,10,16H,4-7H2,1H3. The van der Waals surface area contributed by atoms with E-state index in [2.05, 4.69) is 22.0 Å². The third-order valence-corrected chi connectivity index (χ3v) is 3.28. The van der Waals surface area contributed by atoms with E-state index in [1.54, 1.807) is 6.07 Å². The Labute approximate surface area is 100 Å². The molecule has 0 saturated carbocycles. The summed E-state index contributed by atoms with van der Waals surface area (Å²) in [5.74, 6) is 0.396. The first kappa shape index (κ1) is 11.8. The number of hydrogen-bond donors (Lipinski definition) is 1. The minimum atomic E-state index is -0.228. The van der Waals surface area contributed by atoms with E-state index in [1.165, 1.54) is 0 Å². The van der Waals surface area contributed by atoms with Gasteiger partial charge in [0.2, 0.25) is 0 Å². The van der Waals surface area contributed by atoms with Crippen molar-refractivity contribution in [2.75, 3.05) is 13.1 Å². The lowest BCUT2D eigenvalue weighted by atomic mass is 9.96. The Bertz CT molecular complexity index is 344. The molecule has 1 saturated heterocycles. The Hall–Kier alpha value is -0.710. The number of aliphatic hydroxyl groups excluding tert-OH is 1. The van der Waals surface area contributed by atoms with Crippen LogP contribution in [0.5, 0.6) is 0 Å². The molecule has 0 aromatic carbocycles. The summed E-state index contributed by atoms with van der Waals surface area (Å²) in [5.41, 5.74) is 0.895. The molecule has 5 heteroatoms. The number of likely N-dealkylation sites (tertiary alicyclic amines) is 1. The molecular formula is C11H16ClN3O. The molecule has 2 unspecified atom stereocenters. The van der Waals surface area contributed by atoms with E-state index in [-0.39, 0.29) is 6.10 Å². The quantitative estimate of drug-likeness (QED) is 0.849. The fraction of sp³-hybridized carbons (Fsp3) is 0.636. The van der Waals surface area contributed by atoms with Crippen molar-refractivity contribution in [3.63, 3.8) is 0 Å². The van der Waals surface area contributed by atoms with E-state index in [9.17, 15) is 5.11 Å². The van der Waals surface area contributed by atoms with Crippen LogP contribution in [0, 0.1) is 5.92 Å². The molecule has 0 amide bonds. The molecule has 1 aromatic rings. The first-order valence-corrected chi connectivity index (χ1v) is 5.91. The van der Waals surface area contributed by atoms with Crippen molar-refractivity contribution < 1.29 is 5.11 Å². The van der Waals surface area contributed by atoms with Gasteiger partial charge in [0.15, 0.2) is 5.15 Å². The van der Waals surface area contributed by atoms with Gasteiger partial charge in [-0.2, -0.15) is 5.10 Å². The molecule has 2 rings (SSSR count). The first-order chi connectivity index (χ1) is 7.65. The molecule has 0 bridgehead atoms. The molecule has 0 aliphatic carbocycles. The Kier molecular flexibility index (Phi) is 3.74. The predicted octanol–water partition coefficient (Wildman–Crippen LogP) is 1.33. The summed E-state index contributed by atoms with van der Waals surface area (Å²) >= 11 is 5.67. The van der Waals surface area contributed by atoms with Gasteiger partial charge in [-0.05, 0) is 31.0 Å². The Morgan fingerprint density at radius 3 is 2.94 bits per heavy atom. The number of aliphatic hydroxyl groups is 1. The van der Waals surface area contributed by atoms with Gasteiger partial charge < -0.3 is 5.11 Å². The fourth-order valence-corrected chi connectivity index (χ4v) is 2.02. The molecule has 2 atom stereocenters. The molecule has 88 valence electrons. The summed E-state index contributed by atoms with van der Waals surface area (Å²) in [6, 6.07) is 3.62. The summed E-state index contributed by atoms with van der Waals surface area (Å²) in [6.45, 7) is 4.53. The van der Waals surface area contributed by atoms with Crippen molar-refractivity contribution in [1.82, 2.24) is 15.1 Å². The zero-order valence-electron chi connectivity index (χ0n) is 9.30. The van der Waals surface area contributed by atoms with Crippen LogP contribution < -0.4 is 0 Å². The summed E-state index contributed by atoms with van der Waals surface area (Å²) in [5, 5.41) is 18.0. The van der Waals surface area contributed by atoms with Crippen LogP contribution in [0.25, 0.3) is 0 Å². The van der Waals surface area contributed by atoms with Crippen LogP contribution in [0.2, 0.25) is 5.15 Å². The highest BCUT2D eigenvalue weighted by Crippen LogP contribution is 2.18. The van der Waals surface area contributed by atoms with Crippen LogP contribution in [-0.4, -0.2) is 39.4 Å². The predicted molar refractivity (Wildman–Crippen MR) is 62.1 cm³/mol. The zero-order valence-corrected chi connectivity index (χ0v) is 10.1. The van der Waals surface area contributed by atoms with Gasteiger partial charge in [0, 0.05) is 13.1 Å². The molecule has 0 spiro atoms. The Morgan fingerprint density at radius 1 is 1.50 bits per heavy atom. The lowest BCUT2D eigenvalue weighted by molar-refractivity contribution is 0.0253. The van der Waals surface area contributed by atoms with Gasteiger partial charge in [-0.1, -0.05) is 18.5 Å². The highest BCUT2D eigenvalue weighted by atomic mass is 35.5. The number of aromatic nitrogens is 2. The SMILES string of the molecule is CC1CCN(Cc2ccc(Cl)nn2)CC1O. The van der Waals surface area contributed by atoms with E-state index >= 15 is 0 Å². The van der Waals surface area contributed by atoms with Crippen LogP contribution in [0.3, 0.4) is 0 Å². The molecule has 2 heterocycles. The number of hydrogen-bond acceptors (Lipinski definition) is 4. The van der Waals surface area contributed by atoms with Gasteiger partial charge in [-0.3, -0.25) is 4.90 Å². The monoisotopic (exact) mass is 241 g/mol. The minimum Gasteiger partial charge on any atom is -0.392 e. The molecule has 1 fully saturated rings. The second kappa shape index (κ2) is 5.08. The topological polar surface area (TPSA) is 49.2 Å². The van der Waals surface area contributed by atoms with Crippen molar-refractivity contribution >= 4 is 11.6 Å². The largest absolute Gasteiger partial charge is 0.392 e. The van der Waals surface area contributed by atoms with E-state index in [0.717, 1.165) is 25.2 Å². The summed E-state index contributed by atoms with van der Waals surface area (Å²) < 4.78 is 0. The van der Waals surface area contributed by atoms with Gasteiger partial charge in [-0.25, -0.2) is 0 Å². The molecule has 1 aromatic heterocycles. The van der Waals surface area contributed by atoms with Gasteiger partial charge >= 0.3 is 0 Å². The second-order valence-corrected chi connectivity index (χ2v) is 4.80. The maximum atomic E-state index is 9.77. The zero-order chi connectivity index (χ0) is 11.5. The highest BCUT2D eigenvalue weighted by molar-refractivity contribution is 6.29. The molecule has 1 N–H and O–H groups in total. The Balaban J connectivity index is 1.93. The molecule has 1 aliphatic heterocycles. The van der Waals surface area contributed by atoms with Crippen LogP contribution in [0.4, 0.5) is 0 Å². The molecule has 0 radical (unpaired) electrons. The molecule has 1 aliphatic rings. The van der Waals surface area contributed by atoms with Crippen LogP contribution in [0.15, 0.2) is 12.1 Å². The van der Waals surface area contributed by atoms with Crippen molar-refractivity contribution in [3.8, 4) is 0 Å². The van der Waals surface area contributed by atoms with E-state index in [0.29, 0.717) is 17.6 Å². The van der Waals surface area contributed by atoms with Crippen molar-refractivity contribution in [2.45, 2.75) is 26.0 Å². The number of nitrogens with zero attached hydrogens (tertiary/aromatic N) is 3. The van der Waals surface area contributed by atoms with Gasteiger partial charge in [0.05, 0.1) is 11.8 Å². The minimum absolute atomic E-state index is 0.228. The maximum Gasteiger partial charge on any atom is 0.151 e. The normalized spacial score (nSPS) is 26.9. The number of piperidine rings is 1. The van der Waals surface area contributed by atoms with E-state index < -0.39 is 0 Å². The maximum absolute atomic E-state index is 9.77. The average molecular weight is 242 g/mol. The van der Waals surface area contributed by atoms with Crippen molar-refractivity contribution in [2.24, 2.45) is 5.92 Å². The van der Waals surface area contributed by atoms with Crippen LogP contribution in [-0.2, 0) is 6.54 Å². The molecule has 4 nitrogen and oxygen atoms in total. The lowest BCUT2D eigenvalue weighted by Crippen LogP contribution is -2.42. The number of rotatable bonds is 2. The summed E-state index contributed by atoms with van der Waals surface area (Å²) in [6.07, 6.45) is 0.802.